The molecule has 1 saturated carbocycles. The highest BCUT2D eigenvalue weighted by molar-refractivity contribution is 9.10. The van der Waals surface area contributed by atoms with Crippen molar-refractivity contribution >= 4 is 48.6 Å². The summed E-state index contributed by atoms with van der Waals surface area (Å²) in [7, 11) is -3.48. The van der Waals surface area contributed by atoms with Crippen LogP contribution in [0.15, 0.2) is 57.9 Å². The molecule has 33 heavy (non-hydrogen) atoms. The Bertz CT molecular complexity index is 1170. The Morgan fingerprint density at radius 3 is 2.24 bits per heavy atom. The fraction of sp³-hybridized carbons (Fsp3) is 0.391. The third-order valence-corrected chi connectivity index (χ3v) is 7.91. The molecule has 0 amide bonds. The lowest BCUT2D eigenvalue weighted by Crippen LogP contribution is -2.32. The number of aromatic nitrogens is 2. The molecule has 5 N–H and O–H groups in total. The number of hydrazine groups is 1. The van der Waals surface area contributed by atoms with Crippen molar-refractivity contribution in [3.8, 4) is 0 Å². The van der Waals surface area contributed by atoms with Crippen LogP contribution in [0.2, 0.25) is 0 Å². The van der Waals surface area contributed by atoms with Crippen molar-refractivity contribution < 1.29 is 8.42 Å². The quantitative estimate of drug-likeness (QED) is 0.247. The van der Waals surface area contributed by atoms with Crippen molar-refractivity contribution in [3.63, 3.8) is 0 Å². The van der Waals surface area contributed by atoms with E-state index in [1.54, 1.807) is 24.3 Å². The van der Waals surface area contributed by atoms with E-state index in [4.69, 9.17) is 5.84 Å². The third kappa shape index (κ3) is 6.41. The molecule has 8 nitrogen and oxygen atoms in total. The summed E-state index contributed by atoms with van der Waals surface area (Å²) in [5.41, 5.74) is 3.48. The van der Waals surface area contributed by atoms with Crippen LogP contribution in [0.4, 0.5) is 11.8 Å². The van der Waals surface area contributed by atoms with E-state index in [9.17, 15) is 8.42 Å². The van der Waals surface area contributed by atoms with Crippen molar-refractivity contribution in [3.05, 3.63) is 53.0 Å². The molecule has 0 aliphatic heterocycles. The molecular formula is C23H31BrN6O2S. The van der Waals surface area contributed by atoms with Gasteiger partial charge in [0.25, 0.3) is 0 Å². The van der Waals surface area contributed by atoms with Gasteiger partial charge in [0, 0.05) is 22.9 Å². The fourth-order valence-corrected chi connectivity index (χ4v) is 5.45. The molecule has 0 unspecified atom stereocenters. The number of hydrogen-bond donors (Lipinski definition) is 4. The van der Waals surface area contributed by atoms with Gasteiger partial charge < -0.3 is 10.7 Å². The molecule has 1 aliphatic carbocycles. The number of fused-ring (bicyclic) bond motifs is 1. The predicted molar refractivity (Wildman–Crippen MR) is 137 cm³/mol. The Kier molecular flexibility index (Phi) is 8.63. The van der Waals surface area contributed by atoms with Gasteiger partial charge in [-0.3, -0.25) is 0 Å². The highest BCUT2D eigenvalue weighted by Gasteiger charge is 2.23. The molecule has 1 heterocycles. The molecule has 1 fully saturated rings. The van der Waals surface area contributed by atoms with Crippen LogP contribution in [0.1, 0.15) is 33.1 Å². The molecule has 3 aromatic rings. The van der Waals surface area contributed by atoms with E-state index in [1.165, 1.54) is 0 Å². The Balaban J connectivity index is 0.00000306. The third-order valence-electron chi connectivity index (χ3n) is 5.94. The lowest BCUT2D eigenvalue weighted by molar-refractivity contribution is 0.284. The van der Waals surface area contributed by atoms with Crippen LogP contribution in [-0.4, -0.2) is 31.5 Å². The van der Waals surface area contributed by atoms with Crippen molar-refractivity contribution in [2.24, 2.45) is 17.7 Å². The minimum atomic E-state index is -3.48. The number of para-hydroxylation sites is 1. The zero-order valence-corrected chi connectivity index (χ0v) is 20.0. The minimum Gasteiger partial charge on any atom is -0.354 e. The summed E-state index contributed by atoms with van der Waals surface area (Å²) in [6, 6.07) is 14.4. The highest BCUT2D eigenvalue weighted by Crippen LogP contribution is 2.29. The smallest absolute Gasteiger partial charge is 0.240 e. The van der Waals surface area contributed by atoms with E-state index in [0.29, 0.717) is 35.0 Å². The van der Waals surface area contributed by atoms with Gasteiger partial charge in [-0.2, -0.15) is 4.98 Å². The number of nitrogen functional groups attached to an aromatic ring is 1. The van der Waals surface area contributed by atoms with E-state index < -0.39 is 10.0 Å². The fourth-order valence-electron chi connectivity index (χ4n) is 4.07. The van der Waals surface area contributed by atoms with Crippen LogP contribution in [0, 0.1) is 11.8 Å². The molecule has 2 aromatic carbocycles. The molecule has 178 valence electrons. The van der Waals surface area contributed by atoms with Gasteiger partial charge in [-0.25, -0.2) is 24.0 Å². The largest absolute Gasteiger partial charge is 0.354 e. The van der Waals surface area contributed by atoms with Crippen molar-refractivity contribution in [2.75, 3.05) is 23.8 Å². The molecule has 0 spiro atoms. The Morgan fingerprint density at radius 1 is 0.939 bits per heavy atom. The maximum atomic E-state index is 12.5. The van der Waals surface area contributed by atoms with Gasteiger partial charge in [-0.1, -0.05) is 35.5 Å². The number of halogens is 1. The topological polar surface area (TPSA) is 122 Å². The van der Waals surface area contributed by atoms with Gasteiger partial charge in [0.05, 0.1) is 10.4 Å². The molecule has 0 atom stereocenters. The molecule has 1 aliphatic rings. The van der Waals surface area contributed by atoms with Gasteiger partial charge >= 0.3 is 0 Å². The number of anilines is 2. The predicted octanol–water partition coefficient (Wildman–Crippen LogP) is 4.51. The second-order valence-electron chi connectivity index (χ2n) is 8.13. The lowest BCUT2D eigenvalue weighted by Gasteiger charge is -2.28. The maximum absolute atomic E-state index is 12.5. The van der Waals surface area contributed by atoms with Gasteiger partial charge in [-0.15, -0.1) is 0 Å². The van der Waals surface area contributed by atoms with Crippen LogP contribution < -0.4 is 21.3 Å². The number of benzene rings is 2. The van der Waals surface area contributed by atoms with Crippen molar-refractivity contribution in [1.29, 1.82) is 0 Å². The SMILES string of the molecule is C.NNc1nc(NCC2CCC(CNS(=O)(=O)c3ccc(Br)cc3)CC2)nc2ccccc12. The number of rotatable bonds is 8. The maximum Gasteiger partial charge on any atom is 0.240 e. The lowest BCUT2D eigenvalue weighted by atomic mass is 9.82. The van der Waals surface area contributed by atoms with Crippen molar-refractivity contribution in [1.82, 2.24) is 14.7 Å². The Labute approximate surface area is 203 Å². The average molecular weight is 536 g/mol. The summed E-state index contributed by atoms with van der Waals surface area (Å²) in [4.78, 5) is 9.34. The second kappa shape index (κ2) is 11.2. The molecule has 0 radical (unpaired) electrons. The number of hydrogen-bond acceptors (Lipinski definition) is 7. The Morgan fingerprint density at radius 2 is 1.58 bits per heavy atom. The zero-order valence-electron chi connectivity index (χ0n) is 17.6. The van der Waals surface area contributed by atoms with Gasteiger partial charge in [0.1, 0.15) is 0 Å². The second-order valence-corrected chi connectivity index (χ2v) is 10.8. The van der Waals surface area contributed by atoms with Gasteiger partial charge in [0.15, 0.2) is 5.82 Å². The van der Waals surface area contributed by atoms with Crippen LogP contribution in [0.5, 0.6) is 0 Å². The number of nitrogens with zero attached hydrogens (tertiary/aromatic N) is 2. The summed E-state index contributed by atoms with van der Waals surface area (Å²) in [6.07, 6.45) is 4.05. The van der Waals surface area contributed by atoms with Gasteiger partial charge in [0.2, 0.25) is 16.0 Å². The summed E-state index contributed by atoms with van der Waals surface area (Å²) >= 11 is 3.33. The summed E-state index contributed by atoms with van der Waals surface area (Å²) < 4.78 is 28.6. The number of nitrogens with two attached hydrogens (primary N) is 1. The molecule has 1 aromatic heterocycles. The summed E-state index contributed by atoms with van der Waals surface area (Å²) in [5.74, 6) is 7.62. The molecule has 4 rings (SSSR count). The van der Waals surface area contributed by atoms with Crippen LogP contribution in [0.25, 0.3) is 10.9 Å². The van der Waals surface area contributed by atoms with Crippen LogP contribution in [-0.2, 0) is 10.0 Å². The minimum absolute atomic E-state index is 0. The van der Waals surface area contributed by atoms with Crippen molar-refractivity contribution in [2.45, 2.75) is 38.0 Å². The van der Waals surface area contributed by atoms with E-state index in [1.807, 2.05) is 24.3 Å². The molecule has 0 saturated heterocycles. The van der Waals surface area contributed by atoms with E-state index in [-0.39, 0.29) is 7.43 Å². The first-order chi connectivity index (χ1) is 15.4. The Hall–Kier alpha value is -2.27. The van der Waals surface area contributed by atoms with E-state index >= 15 is 0 Å². The zero-order chi connectivity index (χ0) is 22.6. The number of nitrogens with one attached hydrogen (secondary N) is 3. The first-order valence-corrected chi connectivity index (χ1v) is 12.9. The van der Waals surface area contributed by atoms with Crippen LogP contribution in [0.3, 0.4) is 0 Å². The van der Waals surface area contributed by atoms with E-state index in [2.05, 4.69) is 41.4 Å². The normalized spacial score (nSPS) is 18.5. The number of sulfonamides is 1. The standard InChI is InChI=1S/C22H27BrN6O2S.CH4/c23-17-9-11-18(12-10-17)32(30,31)26-14-16-7-5-15(6-8-16)13-25-22-27-20-4-2-1-3-19(20)21(28-22)29-24;/h1-4,9-12,15-16,26H,5-8,13-14,24H2,(H2,25,27,28,29);1H4. The average Bonchev–Trinajstić information content (AvgIpc) is 2.82. The monoisotopic (exact) mass is 534 g/mol. The van der Waals surface area contributed by atoms with E-state index in [0.717, 1.165) is 47.6 Å². The van der Waals surface area contributed by atoms with Gasteiger partial charge in [-0.05, 0) is 73.9 Å². The first kappa shape index (κ1) is 25.4. The summed E-state index contributed by atoms with van der Waals surface area (Å²) in [5, 5.41) is 4.23. The van der Waals surface area contributed by atoms with Crippen LogP contribution >= 0.6 is 15.9 Å². The summed E-state index contributed by atoms with van der Waals surface area (Å²) in [6.45, 7) is 1.25. The molecule has 0 bridgehead atoms. The first-order valence-electron chi connectivity index (χ1n) is 10.7. The molecule has 10 heteroatoms. The molecular weight excluding hydrogens is 504 g/mol. The highest BCUT2D eigenvalue weighted by atomic mass is 79.9.